The highest BCUT2D eigenvalue weighted by Crippen LogP contribution is 2.26. The molecule has 3 fully saturated rings. The van der Waals surface area contributed by atoms with Gasteiger partial charge >= 0.3 is 0 Å². The molecule has 6 nitrogen and oxygen atoms in total. The van der Waals surface area contributed by atoms with Crippen LogP contribution >= 0.6 is 0 Å². The second-order valence-electron chi connectivity index (χ2n) is 8.65. The van der Waals surface area contributed by atoms with Crippen LogP contribution in [0.25, 0.3) is 0 Å². The molecule has 0 spiro atoms. The van der Waals surface area contributed by atoms with Gasteiger partial charge in [0.25, 0.3) is 0 Å². The van der Waals surface area contributed by atoms with Crippen molar-refractivity contribution in [2.75, 3.05) is 46.4 Å². The Morgan fingerprint density at radius 3 is 2.59 bits per heavy atom. The Bertz CT molecular complexity index is 667. The number of rotatable bonds is 6. The highest BCUT2D eigenvalue weighted by atomic mass is 16.5. The smallest absolute Gasteiger partial charge is 0.191 e. The van der Waals surface area contributed by atoms with Gasteiger partial charge in [0, 0.05) is 58.4 Å². The van der Waals surface area contributed by atoms with Gasteiger partial charge in [-0.25, -0.2) is 0 Å². The van der Waals surface area contributed by atoms with Crippen molar-refractivity contribution < 1.29 is 4.74 Å². The van der Waals surface area contributed by atoms with Gasteiger partial charge in [-0.1, -0.05) is 37.1 Å². The van der Waals surface area contributed by atoms with Crippen LogP contribution in [0.2, 0.25) is 0 Å². The quantitative estimate of drug-likeness (QED) is 0.567. The van der Waals surface area contributed by atoms with Crippen molar-refractivity contribution in [3.63, 3.8) is 0 Å². The maximum atomic E-state index is 5.48. The van der Waals surface area contributed by atoms with E-state index >= 15 is 0 Å². The van der Waals surface area contributed by atoms with Crippen LogP contribution in [0.4, 0.5) is 0 Å². The van der Waals surface area contributed by atoms with E-state index in [1.54, 1.807) is 0 Å². The van der Waals surface area contributed by atoms with Crippen LogP contribution in [0, 0.1) is 0 Å². The minimum Gasteiger partial charge on any atom is -0.379 e. The number of aliphatic imine (C=N–C) groups is 1. The van der Waals surface area contributed by atoms with Crippen LogP contribution in [0.15, 0.2) is 29.3 Å². The summed E-state index contributed by atoms with van der Waals surface area (Å²) >= 11 is 0. The number of nitrogens with zero attached hydrogens (tertiary/aromatic N) is 3. The number of benzene rings is 1. The fourth-order valence-corrected chi connectivity index (χ4v) is 4.96. The molecule has 1 aromatic rings. The Kier molecular flexibility index (Phi) is 7.41. The predicted molar refractivity (Wildman–Crippen MR) is 118 cm³/mol. The number of nitrogens with one attached hydrogen (secondary N) is 2. The van der Waals surface area contributed by atoms with E-state index in [0.717, 1.165) is 57.9 Å². The standard InChI is InChI=1S/C23H37N5O/c1-24-23(26-21-10-11-28(18-21)22-8-4-5-9-22)25-16-19-6-2-3-7-20(19)17-27-12-14-29-15-13-27/h2-3,6-7,21-22H,4-5,8-18H2,1H3,(H2,24,25,26). The lowest BCUT2D eigenvalue weighted by Crippen LogP contribution is -2.45. The summed E-state index contributed by atoms with van der Waals surface area (Å²) in [6.45, 7) is 7.90. The summed E-state index contributed by atoms with van der Waals surface area (Å²) in [5.41, 5.74) is 2.74. The molecule has 1 unspecified atom stereocenters. The average molecular weight is 400 g/mol. The molecule has 1 saturated carbocycles. The molecule has 1 aromatic carbocycles. The molecule has 2 N–H and O–H groups in total. The Morgan fingerprint density at radius 2 is 1.83 bits per heavy atom. The third kappa shape index (κ3) is 5.71. The van der Waals surface area contributed by atoms with Crippen LogP contribution in [0.1, 0.15) is 43.2 Å². The molecule has 2 aliphatic heterocycles. The van der Waals surface area contributed by atoms with E-state index < -0.39 is 0 Å². The number of ether oxygens (including phenoxy) is 1. The van der Waals surface area contributed by atoms with E-state index in [2.05, 4.69) is 49.7 Å². The van der Waals surface area contributed by atoms with Crippen molar-refractivity contribution in [1.29, 1.82) is 0 Å². The zero-order valence-electron chi connectivity index (χ0n) is 17.9. The van der Waals surface area contributed by atoms with Crippen molar-refractivity contribution >= 4 is 5.96 Å². The van der Waals surface area contributed by atoms with Crippen LogP contribution in [0.5, 0.6) is 0 Å². The Labute approximate surface area is 175 Å². The fraction of sp³-hybridized carbons (Fsp3) is 0.696. The second kappa shape index (κ2) is 10.4. The molecule has 2 heterocycles. The van der Waals surface area contributed by atoms with Crippen molar-refractivity contribution in [2.45, 2.75) is 57.3 Å². The third-order valence-corrected chi connectivity index (χ3v) is 6.69. The Hall–Kier alpha value is -1.63. The maximum Gasteiger partial charge on any atom is 0.191 e. The van der Waals surface area contributed by atoms with E-state index in [-0.39, 0.29) is 0 Å². The highest BCUT2D eigenvalue weighted by molar-refractivity contribution is 5.80. The molecule has 4 rings (SSSR count). The summed E-state index contributed by atoms with van der Waals surface area (Å²) < 4.78 is 5.48. The molecule has 0 bridgehead atoms. The Morgan fingerprint density at radius 1 is 1.07 bits per heavy atom. The summed E-state index contributed by atoms with van der Waals surface area (Å²) in [6.07, 6.45) is 6.81. The van der Waals surface area contributed by atoms with Crippen LogP contribution in [-0.4, -0.2) is 74.3 Å². The number of guanidine groups is 1. The van der Waals surface area contributed by atoms with E-state index in [1.165, 1.54) is 49.8 Å². The zero-order chi connectivity index (χ0) is 19.9. The maximum absolute atomic E-state index is 5.48. The normalized spacial score (nSPS) is 24.9. The monoisotopic (exact) mass is 399 g/mol. The first-order chi connectivity index (χ1) is 14.3. The lowest BCUT2D eigenvalue weighted by molar-refractivity contribution is 0.0341. The molecule has 3 aliphatic rings. The van der Waals surface area contributed by atoms with Gasteiger partial charge in [-0.05, 0) is 30.4 Å². The van der Waals surface area contributed by atoms with Gasteiger partial charge < -0.3 is 15.4 Å². The first kappa shape index (κ1) is 20.6. The largest absolute Gasteiger partial charge is 0.379 e. The second-order valence-corrected chi connectivity index (χ2v) is 8.65. The van der Waals surface area contributed by atoms with Crippen LogP contribution < -0.4 is 10.6 Å². The first-order valence-corrected chi connectivity index (χ1v) is 11.4. The molecular formula is C23H37N5O. The van der Waals surface area contributed by atoms with Crippen molar-refractivity contribution in [2.24, 2.45) is 4.99 Å². The molecule has 2 saturated heterocycles. The minimum atomic E-state index is 0.505. The van der Waals surface area contributed by atoms with Gasteiger partial charge in [-0.15, -0.1) is 0 Å². The summed E-state index contributed by atoms with van der Waals surface area (Å²) in [5.74, 6) is 0.921. The van der Waals surface area contributed by atoms with E-state index in [1.807, 2.05) is 7.05 Å². The summed E-state index contributed by atoms with van der Waals surface area (Å²) in [4.78, 5) is 9.65. The van der Waals surface area contributed by atoms with Gasteiger partial charge in [-0.3, -0.25) is 14.8 Å². The topological polar surface area (TPSA) is 52.1 Å². The number of likely N-dealkylation sites (tertiary alicyclic amines) is 1. The van der Waals surface area contributed by atoms with Crippen LogP contribution in [-0.2, 0) is 17.8 Å². The van der Waals surface area contributed by atoms with Crippen molar-refractivity contribution in [1.82, 2.24) is 20.4 Å². The van der Waals surface area contributed by atoms with Crippen LogP contribution in [0.3, 0.4) is 0 Å². The van der Waals surface area contributed by atoms with E-state index in [4.69, 9.17) is 4.74 Å². The SMILES string of the molecule is CN=C(NCc1ccccc1CN1CCOCC1)NC1CCN(C2CCCC2)C1. The predicted octanol–water partition coefficient (Wildman–Crippen LogP) is 2.20. The van der Waals surface area contributed by atoms with Gasteiger partial charge in [0.2, 0.25) is 0 Å². The third-order valence-electron chi connectivity index (χ3n) is 6.69. The molecule has 0 amide bonds. The van der Waals surface area contributed by atoms with Crippen molar-refractivity contribution in [3.8, 4) is 0 Å². The fourth-order valence-electron chi connectivity index (χ4n) is 4.96. The molecular weight excluding hydrogens is 362 g/mol. The van der Waals surface area contributed by atoms with Gasteiger partial charge in [-0.2, -0.15) is 0 Å². The molecule has 1 aliphatic carbocycles. The molecule has 160 valence electrons. The van der Waals surface area contributed by atoms with Gasteiger partial charge in [0.15, 0.2) is 5.96 Å². The summed E-state index contributed by atoms with van der Waals surface area (Å²) in [7, 11) is 1.87. The molecule has 0 aromatic heterocycles. The molecule has 0 radical (unpaired) electrons. The van der Waals surface area contributed by atoms with Gasteiger partial charge in [0.05, 0.1) is 13.2 Å². The summed E-state index contributed by atoms with van der Waals surface area (Å²) in [5, 5.41) is 7.21. The minimum absolute atomic E-state index is 0.505. The number of morpholine rings is 1. The molecule has 6 heteroatoms. The van der Waals surface area contributed by atoms with E-state index in [9.17, 15) is 0 Å². The zero-order valence-corrected chi connectivity index (χ0v) is 17.9. The lowest BCUT2D eigenvalue weighted by Gasteiger charge is -2.27. The van der Waals surface area contributed by atoms with E-state index in [0.29, 0.717) is 6.04 Å². The molecule has 1 atom stereocenters. The lowest BCUT2D eigenvalue weighted by atomic mass is 10.1. The van der Waals surface area contributed by atoms with Crippen molar-refractivity contribution in [3.05, 3.63) is 35.4 Å². The Balaban J connectivity index is 1.27. The first-order valence-electron chi connectivity index (χ1n) is 11.4. The highest BCUT2D eigenvalue weighted by Gasteiger charge is 2.30. The number of hydrogen-bond acceptors (Lipinski definition) is 4. The average Bonchev–Trinajstić information content (AvgIpc) is 3.45. The molecule has 29 heavy (non-hydrogen) atoms. The summed E-state index contributed by atoms with van der Waals surface area (Å²) in [6, 6.07) is 10.1. The van der Waals surface area contributed by atoms with Gasteiger partial charge in [0.1, 0.15) is 0 Å². The number of hydrogen-bond donors (Lipinski definition) is 2.